The lowest BCUT2D eigenvalue weighted by molar-refractivity contribution is -0.114. The Morgan fingerprint density at radius 2 is 1.65 bits per heavy atom. The maximum absolute atomic E-state index is 13.6. The van der Waals surface area contributed by atoms with Crippen molar-refractivity contribution >= 4 is 35.3 Å². The van der Waals surface area contributed by atoms with Gasteiger partial charge < -0.3 is 14.7 Å². The summed E-state index contributed by atoms with van der Waals surface area (Å²) in [6.07, 6.45) is 1.93. The van der Waals surface area contributed by atoms with Crippen molar-refractivity contribution in [2.45, 2.75) is 38.3 Å². The molecule has 3 aromatic carbocycles. The molecule has 0 saturated carbocycles. The van der Waals surface area contributed by atoms with Gasteiger partial charge in [0.05, 0.1) is 23.8 Å². The number of hydrogen-bond donors (Lipinski definition) is 0. The average Bonchev–Trinajstić information content (AvgIpc) is 3.41. The van der Waals surface area contributed by atoms with Crippen molar-refractivity contribution in [1.82, 2.24) is 14.7 Å². The molecule has 5 rings (SSSR count). The highest BCUT2D eigenvalue weighted by Crippen LogP contribution is 2.42. The van der Waals surface area contributed by atoms with Crippen molar-refractivity contribution in [3.05, 3.63) is 100 Å². The summed E-state index contributed by atoms with van der Waals surface area (Å²) in [6, 6.07) is 26.1. The van der Waals surface area contributed by atoms with E-state index in [4.69, 9.17) is 0 Å². The molecule has 6 nitrogen and oxygen atoms in total. The number of carbonyl (C=O) groups is 2. The molecule has 0 N–H and O–H groups in total. The lowest BCUT2D eigenvalue weighted by atomic mass is 10.1. The number of anilines is 1. The largest absolute Gasteiger partial charge is 0.324 e. The van der Waals surface area contributed by atoms with Crippen LogP contribution in [0.3, 0.4) is 0 Å². The summed E-state index contributed by atoms with van der Waals surface area (Å²) in [7, 11) is 0. The molecule has 0 aliphatic carbocycles. The molecule has 2 heterocycles. The molecule has 1 unspecified atom stereocenters. The van der Waals surface area contributed by atoms with E-state index in [0.717, 1.165) is 54.4 Å². The Balaban J connectivity index is 1.31. The number of hydrogen-bond acceptors (Lipinski definition) is 5. The number of rotatable bonds is 9. The molecule has 1 saturated heterocycles. The third-order valence-electron chi connectivity index (χ3n) is 7.83. The van der Waals surface area contributed by atoms with E-state index in [1.807, 2.05) is 88.7 Å². The van der Waals surface area contributed by atoms with Gasteiger partial charge in [-0.05, 0) is 61.1 Å². The highest BCUT2D eigenvalue weighted by Gasteiger charge is 2.33. The minimum Gasteiger partial charge on any atom is -0.324 e. The normalized spacial score (nSPS) is 18.6. The SMILES string of the molecule is CCN(CC)CC1CN(C(=O)c2ccc(/C=C3\Sc4ccccc4N(Cc4ccccc4)C3=O)cc2)CN1CC. The van der Waals surface area contributed by atoms with E-state index in [2.05, 4.69) is 36.6 Å². The third kappa shape index (κ3) is 6.17. The van der Waals surface area contributed by atoms with Gasteiger partial charge in [0.2, 0.25) is 0 Å². The monoisotopic (exact) mass is 554 g/mol. The van der Waals surface area contributed by atoms with Crippen molar-refractivity contribution in [3.63, 3.8) is 0 Å². The molecule has 0 aromatic heterocycles. The van der Waals surface area contributed by atoms with Crippen LogP contribution in [0.2, 0.25) is 0 Å². The van der Waals surface area contributed by atoms with E-state index in [1.165, 1.54) is 11.8 Å². The van der Waals surface area contributed by atoms with Crippen LogP contribution in [0.1, 0.15) is 42.3 Å². The van der Waals surface area contributed by atoms with E-state index in [1.54, 1.807) is 0 Å². The van der Waals surface area contributed by atoms with Crippen LogP contribution in [-0.4, -0.2) is 71.9 Å². The number of para-hydroxylation sites is 1. The summed E-state index contributed by atoms with van der Waals surface area (Å²) < 4.78 is 0. The fourth-order valence-corrected chi connectivity index (χ4v) is 6.52. The smallest absolute Gasteiger partial charge is 0.265 e. The van der Waals surface area contributed by atoms with E-state index < -0.39 is 0 Å². The summed E-state index contributed by atoms with van der Waals surface area (Å²) in [4.78, 5) is 37.4. The molecule has 2 aliphatic rings. The van der Waals surface area contributed by atoms with Gasteiger partial charge in [-0.15, -0.1) is 0 Å². The van der Waals surface area contributed by atoms with Gasteiger partial charge >= 0.3 is 0 Å². The molecule has 0 bridgehead atoms. The third-order valence-corrected chi connectivity index (χ3v) is 8.90. The van der Waals surface area contributed by atoms with Crippen molar-refractivity contribution < 1.29 is 9.59 Å². The molecule has 0 spiro atoms. The van der Waals surface area contributed by atoms with Crippen molar-refractivity contribution in [2.24, 2.45) is 0 Å². The first kappa shape index (κ1) is 28.1. The maximum Gasteiger partial charge on any atom is 0.265 e. The zero-order chi connectivity index (χ0) is 28.1. The predicted molar refractivity (Wildman–Crippen MR) is 164 cm³/mol. The molecular weight excluding hydrogens is 516 g/mol. The highest BCUT2D eigenvalue weighted by molar-refractivity contribution is 8.04. The molecule has 208 valence electrons. The van der Waals surface area contributed by atoms with E-state index in [0.29, 0.717) is 29.7 Å². The first-order valence-electron chi connectivity index (χ1n) is 14.2. The van der Waals surface area contributed by atoms with Crippen molar-refractivity contribution in [1.29, 1.82) is 0 Å². The number of benzene rings is 3. The van der Waals surface area contributed by atoms with E-state index in [9.17, 15) is 9.59 Å². The van der Waals surface area contributed by atoms with Gasteiger partial charge in [-0.1, -0.05) is 87.1 Å². The number of fused-ring (bicyclic) bond motifs is 1. The van der Waals surface area contributed by atoms with E-state index >= 15 is 0 Å². The zero-order valence-corrected chi connectivity index (χ0v) is 24.4. The van der Waals surface area contributed by atoms with Gasteiger partial charge in [0.1, 0.15) is 0 Å². The molecule has 1 atom stereocenters. The average molecular weight is 555 g/mol. The van der Waals surface area contributed by atoms with Gasteiger partial charge in [-0.2, -0.15) is 0 Å². The van der Waals surface area contributed by atoms with Gasteiger partial charge in [-0.25, -0.2) is 0 Å². The van der Waals surface area contributed by atoms with Crippen LogP contribution in [0.5, 0.6) is 0 Å². The predicted octanol–water partition coefficient (Wildman–Crippen LogP) is 5.81. The molecule has 3 aromatic rings. The van der Waals surface area contributed by atoms with Crippen LogP contribution in [0.15, 0.2) is 88.7 Å². The van der Waals surface area contributed by atoms with Gasteiger partial charge in [0, 0.05) is 29.6 Å². The first-order chi connectivity index (χ1) is 19.5. The summed E-state index contributed by atoms with van der Waals surface area (Å²) in [5.74, 6) is 0.0504. The van der Waals surface area contributed by atoms with Crippen LogP contribution >= 0.6 is 11.8 Å². The van der Waals surface area contributed by atoms with Gasteiger partial charge in [0.15, 0.2) is 0 Å². The van der Waals surface area contributed by atoms with Gasteiger partial charge in [-0.3, -0.25) is 14.5 Å². The summed E-state index contributed by atoms with van der Waals surface area (Å²) in [5, 5.41) is 0. The highest BCUT2D eigenvalue weighted by atomic mass is 32.2. The Morgan fingerprint density at radius 3 is 2.35 bits per heavy atom. The lowest BCUT2D eigenvalue weighted by Crippen LogP contribution is -2.41. The Bertz CT molecular complexity index is 1350. The van der Waals surface area contributed by atoms with Crippen LogP contribution < -0.4 is 4.90 Å². The van der Waals surface area contributed by atoms with E-state index in [-0.39, 0.29) is 11.8 Å². The topological polar surface area (TPSA) is 47.1 Å². The molecular formula is C33H38N4O2S. The molecule has 0 radical (unpaired) electrons. The van der Waals surface area contributed by atoms with Crippen LogP contribution in [0.25, 0.3) is 6.08 Å². The van der Waals surface area contributed by atoms with Crippen LogP contribution in [0.4, 0.5) is 5.69 Å². The van der Waals surface area contributed by atoms with Gasteiger partial charge in [0.25, 0.3) is 11.8 Å². The minimum absolute atomic E-state index is 0.0105. The fraction of sp³-hybridized carbons (Fsp3) is 0.333. The first-order valence-corrected chi connectivity index (χ1v) is 15.0. The number of amides is 2. The Kier molecular flexibility index (Phi) is 9.04. The number of likely N-dealkylation sites (N-methyl/N-ethyl adjacent to an activating group) is 2. The molecule has 2 amide bonds. The number of carbonyl (C=O) groups excluding carboxylic acids is 2. The Labute approximate surface area is 242 Å². The molecule has 40 heavy (non-hydrogen) atoms. The second-order valence-electron chi connectivity index (χ2n) is 10.3. The van der Waals surface area contributed by atoms with Crippen LogP contribution in [-0.2, 0) is 11.3 Å². The summed E-state index contributed by atoms with van der Waals surface area (Å²) >= 11 is 1.50. The summed E-state index contributed by atoms with van der Waals surface area (Å²) in [5.41, 5.74) is 3.61. The second kappa shape index (κ2) is 12.9. The molecule has 1 fully saturated rings. The second-order valence-corrected chi connectivity index (χ2v) is 11.4. The standard InChI is InChI=1S/C33H38N4O2S/c1-4-34(5-2)22-28-23-36(24-35(28)6-3)32(38)27-18-16-25(17-19-27)20-31-33(39)37(21-26-12-8-7-9-13-26)29-14-10-11-15-30(29)40-31/h7-20,28H,4-6,21-24H2,1-3H3/b31-20-. The fourth-order valence-electron chi connectivity index (χ4n) is 5.46. The number of thioether (sulfide) groups is 1. The quantitative estimate of drug-likeness (QED) is 0.312. The maximum atomic E-state index is 13.6. The zero-order valence-electron chi connectivity index (χ0n) is 23.6. The summed E-state index contributed by atoms with van der Waals surface area (Å²) in [6.45, 7) is 12.4. The molecule has 7 heteroatoms. The Hall–Kier alpha value is -3.39. The van der Waals surface area contributed by atoms with Crippen molar-refractivity contribution in [2.75, 3.05) is 44.3 Å². The van der Waals surface area contributed by atoms with Crippen LogP contribution in [0, 0.1) is 0 Å². The molecule has 2 aliphatic heterocycles. The Morgan fingerprint density at radius 1 is 0.950 bits per heavy atom. The number of nitrogens with zero attached hydrogens (tertiary/aromatic N) is 4. The van der Waals surface area contributed by atoms with Crippen molar-refractivity contribution in [3.8, 4) is 0 Å². The lowest BCUT2D eigenvalue weighted by Gasteiger charge is -2.30. The minimum atomic E-state index is -0.0105.